The topological polar surface area (TPSA) is 98.7 Å². The predicted octanol–water partition coefficient (Wildman–Crippen LogP) is 4.46. The Kier molecular flexibility index (Phi) is 4.60. The van der Waals surface area contributed by atoms with Gasteiger partial charge in [0.25, 0.3) is 5.56 Å². The molecule has 6 rings (SSSR count). The van der Waals surface area contributed by atoms with Gasteiger partial charge in [-0.2, -0.15) is 0 Å². The van der Waals surface area contributed by atoms with Gasteiger partial charge in [0.15, 0.2) is 5.43 Å². The number of aryl methyl sites for hydroxylation is 1. The highest BCUT2D eigenvalue weighted by Crippen LogP contribution is 2.45. The van der Waals surface area contributed by atoms with Crippen molar-refractivity contribution in [1.29, 1.82) is 0 Å². The fraction of sp³-hybridized carbons (Fsp3) is 0.107. The molecule has 172 valence electrons. The molecular formula is C28H19NO6. The minimum Gasteiger partial charge on any atom is -0.507 e. The fourth-order valence-electron chi connectivity index (χ4n) is 4.87. The average molecular weight is 465 g/mol. The van der Waals surface area contributed by atoms with Crippen LogP contribution >= 0.6 is 0 Å². The van der Waals surface area contributed by atoms with E-state index in [4.69, 9.17) is 9.15 Å². The molecule has 0 saturated heterocycles. The Morgan fingerprint density at radius 1 is 0.943 bits per heavy atom. The molecule has 3 aromatic carbocycles. The van der Waals surface area contributed by atoms with Gasteiger partial charge < -0.3 is 18.8 Å². The van der Waals surface area contributed by atoms with E-state index in [-0.39, 0.29) is 34.4 Å². The van der Waals surface area contributed by atoms with Gasteiger partial charge >= 0.3 is 5.97 Å². The maximum absolute atomic E-state index is 13.4. The molecule has 0 bridgehead atoms. The molecule has 2 aromatic heterocycles. The maximum atomic E-state index is 13.4. The number of ether oxygens (including phenoxy) is 1. The van der Waals surface area contributed by atoms with Gasteiger partial charge in [0.05, 0.1) is 11.9 Å². The Morgan fingerprint density at radius 3 is 2.49 bits per heavy atom. The van der Waals surface area contributed by atoms with Crippen molar-refractivity contribution < 1.29 is 19.1 Å². The molecule has 1 atom stereocenters. The molecule has 0 aliphatic carbocycles. The second kappa shape index (κ2) is 7.70. The van der Waals surface area contributed by atoms with Crippen molar-refractivity contribution in [1.82, 2.24) is 4.57 Å². The molecule has 7 heteroatoms. The number of carbonyl (C=O) groups excluding carboxylic acids is 1. The number of benzene rings is 3. The Balaban J connectivity index is 1.70. The molecule has 0 amide bonds. The van der Waals surface area contributed by atoms with Gasteiger partial charge in [-0.25, -0.2) is 0 Å². The quantitative estimate of drug-likeness (QED) is 0.305. The van der Waals surface area contributed by atoms with Crippen LogP contribution in [-0.2, 0) is 11.8 Å². The summed E-state index contributed by atoms with van der Waals surface area (Å²) in [5, 5.41) is 11.4. The zero-order valence-electron chi connectivity index (χ0n) is 18.6. The summed E-state index contributed by atoms with van der Waals surface area (Å²) in [4.78, 5) is 39.1. The number of carbonyl (C=O) groups is 1. The SMILES string of the molecule is Cn1c(=O)c([C@@H]2CC(=O)Oc3cc(O)c4c(=O)cc(-c5ccccc5)oc4c32)cc2ccccc21. The molecule has 0 saturated carbocycles. The fourth-order valence-corrected chi connectivity index (χ4v) is 4.87. The van der Waals surface area contributed by atoms with Gasteiger partial charge in [0, 0.05) is 41.8 Å². The van der Waals surface area contributed by atoms with Crippen LogP contribution in [0.2, 0.25) is 0 Å². The molecule has 1 N–H and O–H groups in total. The number of rotatable bonds is 2. The van der Waals surface area contributed by atoms with E-state index in [9.17, 15) is 19.5 Å². The van der Waals surface area contributed by atoms with Crippen LogP contribution in [0.4, 0.5) is 0 Å². The van der Waals surface area contributed by atoms with Crippen molar-refractivity contribution in [2.24, 2.45) is 7.05 Å². The summed E-state index contributed by atoms with van der Waals surface area (Å²) in [6, 6.07) is 20.9. The Hall–Kier alpha value is -4.65. The number of hydrogen-bond acceptors (Lipinski definition) is 6. The molecule has 0 unspecified atom stereocenters. The van der Waals surface area contributed by atoms with Crippen LogP contribution in [0.25, 0.3) is 33.2 Å². The zero-order valence-corrected chi connectivity index (χ0v) is 18.6. The van der Waals surface area contributed by atoms with Gasteiger partial charge in [-0.05, 0) is 17.5 Å². The van der Waals surface area contributed by atoms with Crippen LogP contribution in [0.5, 0.6) is 11.5 Å². The molecule has 5 aromatic rings. The molecule has 0 radical (unpaired) electrons. The lowest BCUT2D eigenvalue weighted by Crippen LogP contribution is -2.29. The lowest BCUT2D eigenvalue weighted by Gasteiger charge is -2.26. The average Bonchev–Trinajstić information content (AvgIpc) is 2.85. The van der Waals surface area contributed by atoms with Crippen molar-refractivity contribution >= 4 is 27.8 Å². The number of hydrogen-bond donors (Lipinski definition) is 1. The lowest BCUT2D eigenvalue weighted by molar-refractivity contribution is -0.135. The molecule has 35 heavy (non-hydrogen) atoms. The number of pyridine rings is 1. The Bertz CT molecular complexity index is 1780. The number of phenols is 1. The lowest BCUT2D eigenvalue weighted by atomic mass is 9.85. The molecule has 3 heterocycles. The number of aromatic nitrogens is 1. The number of esters is 1. The molecule has 1 aliphatic heterocycles. The number of nitrogens with zero attached hydrogens (tertiary/aromatic N) is 1. The highest BCUT2D eigenvalue weighted by Gasteiger charge is 2.35. The largest absolute Gasteiger partial charge is 0.507 e. The molecule has 7 nitrogen and oxygen atoms in total. The minimum atomic E-state index is -0.730. The van der Waals surface area contributed by atoms with Crippen LogP contribution < -0.4 is 15.7 Å². The first kappa shape index (κ1) is 20.9. The summed E-state index contributed by atoms with van der Waals surface area (Å²) >= 11 is 0. The first-order valence-corrected chi connectivity index (χ1v) is 11.1. The summed E-state index contributed by atoms with van der Waals surface area (Å²) in [5.41, 5.74) is 1.59. The van der Waals surface area contributed by atoms with E-state index in [1.165, 1.54) is 12.1 Å². The highest BCUT2D eigenvalue weighted by molar-refractivity contribution is 5.93. The van der Waals surface area contributed by atoms with E-state index in [0.717, 1.165) is 10.9 Å². The maximum Gasteiger partial charge on any atom is 0.312 e. The van der Waals surface area contributed by atoms with Crippen molar-refractivity contribution in [2.75, 3.05) is 0 Å². The monoisotopic (exact) mass is 465 g/mol. The standard InChI is InChI=1S/C28H19NO6/c1-29-19-10-6-5-9-16(19)11-18(28(29)33)17-12-24(32)34-23-14-21(31)26-20(30)13-22(35-27(26)25(17)23)15-7-3-2-4-8-15/h2-11,13-14,17,31H,12H2,1H3/t17-/m0/s1. The number of para-hydroxylation sites is 1. The van der Waals surface area contributed by atoms with Crippen molar-refractivity contribution in [2.45, 2.75) is 12.3 Å². The van der Waals surface area contributed by atoms with Crippen molar-refractivity contribution in [3.05, 3.63) is 105 Å². The van der Waals surface area contributed by atoms with Gasteiger partial charge in [0.1, 0.15) is 28.2 Å². The second-order valence-electron chi connectivity index (χ2n) is 8.61. The summed E-state index contributed by atoms with van der Waals surface area (Å²) in [7, 11) is 1.68. The number of aromatic hydroxyl groups is 1. The third kappa shape index (κ3) is 3.24. The van der Waals surface area contributed by atoms with Gasteiger partial charge in [0.2, 0.25) is 0 Å². The molecular weight excluding hydrogens is 446 g/mol. The van der Waals surface area contributed by atoms with E-state index in [2.05, 4.69) is 0 Å². The van der Waals surface area contributed by atoms with Crippen LogP contribution in [-0.4, -0.2) is 15.6 Å². The second-order valence-corrected chi connectivity index (χ2v) is 8.61. The summed E-state index contributed by atoms with van der Waals surface area (Å²) < 4.78 is 13.2. The molecule has 0 spiro atoms. The first-order valence-electron chi connectivity index (χ1n) is 11.1. The van der Waals surface area contributed by atoms with Gasteiger partial charge in [-0.1, -0.05) is 48.5 Å². The highest BCUT2D eigenvalue weighted by atomic mass is 16.5. The van der Waals surface area contributed by atoms with Crippen LogP contribution in [0.3, 0.4) is 0 Å². The van der Waals surface area contributed by atoms with E-state index >= 15 is 0 Å². The Morgan fingerprint density at radius 2 is 1.69 bits per heavy atom. The minimum absolute atomic E-state index is 0.0241. The van der Waals surface area contributed by atoms with E-state index in [1.807, 2.05) is 42.5 Å². The van der Waals surface area contributed by atoms with Crippen LogP contribution in [0.15, 0.2) is 86.8 Å². The van der Waals surface area contributed by atoms with Crippen LogP contribution in [0, 0.1) is 0 Å². The number of fused-ring (bicyclic) bond motifs is 4. The third-order valence-corrected chi connectivity index (χ3v) is 6.52. The predicted molar refractivity (Wildman–Crippen MR) is 131 cm³/mol. The van der Waals surface area contributed by atoms with Gasteiger partial charge in [-0.3, -0.25) is 14.4 Å². The zero-order chi connectivity index (χ0) is 24.3. The van der Waals surface area contributed by atoms with Crippen LogP contribution in [0.1, 0.15) is 23.5 Å². The smallest absolute Gasteiger partial charge is 0.312 e. The Labute approximate surface area is 198 Å². The molecule has 1 aliphatic rings. The van der Waals surface area contributed by atoms with E-state index in [1.54, 1.807) is 29.8 Å². The summed E-state index contributed by atoms with van der Waals surface area (Å²) in [5.74, 6) is -1.25. The molecule has 0 fully saturated rings. The normalized spacial score (nSPS) is 15.2. The summed E-state index contributed by atoms with van der Waals surface area (Å²) in [6.45, 7) is 0. The third-order valence-electron chi connectivity index (χ3n) is 6.52. The number of phenolic OH excluding ortho intramolecular Hbond substituents is 1. The first-order chi connectivity index (χ1) is 16.9. The van der Waals surface area contributed by atoms with Crippen molar-refractivity contribution in [3.8, 4) is 22.8 Å². The summed E-state index contributed by atoms with van der Waals surface area (Å²) in [6.07, 6.45) is -0.111. The van der Waals surface area contributed by atoms with Crippen molar-refractivity contribution in [3.63, 3.8) is 0 Å². The van der Waals surface area contributed by atoms with Gasteiger partial charge in [-0.15, -0.1) is 0 Å². The van der Waals surface area contributed by atoms with E-state index in [0.29, 0.717) is 22.5 Å². The van der Waals surface area contributed by atoms with E-state index < -0.39 is 17.3 Å².